The lowest BCUT2D eigenvalue weighted by Gasteiger charge is -2.30. The van der Waals surface area contributed by atoms with E-state index in [9.17, 15) is 13.6 Å². The van der Waals surface area contributed by atoms with Gasteiger partial charge in [-0.25, -0.2) is 23.1 Å². The third-order valence-corrected chi connectivity index (χ3v) is 5.43. The summed E-state index contributed by atoms with van der Waals surface area (Å²) in [5.41, 5.74) is 5.78. The first-order chi connectivity index (χ1) is 14.2. The van der Waals surface area contributed by atoms with E-state index < -0.39 is 41.7 Å². The number of aliphatic imine (C=N–C) groups is 1. The van der Waals surface area contributed by atoms with Crippen LogP contribution in [0.3, 0.4) is 0 Å². The molecule has 4 rings (SSSR count). The quantitative estimate of drug-likeness (QED) is 0.679. The molecular formula is C19H17ClF3N5O2. The van der Waals surface area contributed by atoms with Crippen molar-refractivity contribution in [3.05, 3.63) is 58.1 Å². The lowest BCUT2D eigenvalue weighted by atomic mass is 9.83. The van der Waals surface area contributed by atoms with E-state index in [1.54, 1.807) is 0 Å². The Morgan fingerprint density at radius 1 is 1.43 bits per heavy atom. The molecule has 0 spiro atoms. The van der Waals surface area contributed by atoms with Gasteiger partial charge in [0.15, 0.2) is 5.54 Å². The van der Waals surface area contributed by atoms with Crippen LogP contribution in [0.1, 0.15) is 28.0 Å². The van der Waals surface area contributed by atoms with Crippen LogP contribution in [-0.2, 0) is 10.4 Å². The fourth-order valence-electron chi connectivity index (χ4n) is 3.66. The Balaban J connectivity index is 1.76. The zero-order chi connectivity index (χ0) is 21.6. The second kappa shape index (κ2) is 7.44. The molecule has 1 amide bonds. The van der Waals surface area contributed by atoms with Crippen molar-refractivity contribution in [2.75, 3.05) is 5.32 Å². The van der Waals surface area contributed by atoms with Crippen LogP contribution < -0.4 is 16.5 Å². The van der Waals surface area contributed by atoms with Gasteiger partial charge in [0, 0.05) is 29.4 Å². The molecule has 3 atom stereocenters. The van der Waals surface area contributed by atoms with Crippen LogP contribution in [0.2, 0.25) is 5.02 Å². The number of alkyl halides is 2. The van der Waals surface area contributed by atoms with Crippen LogP contribution in [0.4, 0.5) is 18.9 Å². The van der Waals surface area contributed by atoms with E-state index in [1.165, 1.54) is 31.3 Å². The molecule has 0 bridgehead atoms. The van der Waals surface area contributed by atoms with Crippen LogP contribution in [0.25, 0.3) is 0 Å². The molecular weight excluding hydrogens is 423 g/mol. The summed E-state index contributed by atoms with van der Waals surface area (Å²) < 4.78 is 43.8. The summed E-state index contributed by atoms with van der Waals surface area (Å²) in [6.07, 6.45) is -1.45. The van der Waals surface area contributed by atoms with E-state index in [-0.39, 0.29) is 22.5 Å². The van der Waals surface area contributed by atoms with Crippen LogP contribution >= 0.6 is 11.6 Å². The molecule has 11 heteroatoms. The van der Waals surface area contributed by atoms with Gasteiger partial charge in [-0.05, 0) is 43.2 Å². The highest BCUT2D eigenvalue weighted by Crippen LogP contribution is 2.54. The van der Waals surface area contributed by atoms with Gasteiger partial charge in [-0.3, -0.25) is 4.79 Å². The standard InChI is InChI=1S/C19H17ClF3N5O2/c1-8-4-10(26-16(29)13-3-2-9(20)7-25-13)5-12(15(8)21)19(17(22)23)11-6-14(11)28-30-18(24)27-19/h2-5,7,11,14,17,28H,6H2,1H3,(H2,24,27)(H,26,29)/t11-,14+,19-/m0/s1. The highest BCUT2D eigenvalue weighted by Gasteiger charge is 2.62. The number of hydrogen-bond acceptors (Lipinski definition) is 6. The molecule has 0 unspecified atom stereocenters. The summed E-state index contributed by atoms with van der Waals surface area (Å²) in [6.45, 7) is 1.41. The number of pyridine rings is 1. The van der Waals surface area contributed by atoms with Gasteiger partial charge in [0.25, 0.3) is 12.3 Å². The number of rotatable bonds is 4. The number of carbonyl (C=O) groups excluding carboxylic acids is 1. The number of amidine groups is 1. The fraction of sp³-hybridized carbons (Fsp3) is 0.316. The normalized spacial score (nSPS) is 25.1. The maximum atomic E-state index is 15.1. The number of nitrogens with zero attached hydrogens (tertiary/aromatic N) is 2. The molecule has 4 N–H and O–H groups in total. The van der Waals surface area contributed by atoms with Crippen molar-refractivity contribution in [1.82, 2.24) is 10.5 Å². The van der Waals surface area contributed by atoms with Crippen LogP contribution in [0, 0.1) is 18.7 Å². The van der Waals surface area contributed by atoms with Crippen LogP contribution in [0.15, 0.2) is 35.5 Å². The molecule has 2 aromatic rings. The van der Waals surface area contributed by atoms with Crippen LogP contribution in [-0.4, -0.2) is 29.4 Å². The number of hydrogen-bond donors (Lipinski definition) is 3. The minimum atomic E-state index is -3.06. The topological polar surface area (TPSA) is 102 Å². The van der Waals surface area contributed by atoms with Gasteiger partial charge in [-0.1, -0.05) is 11.6 Å². The first-order valence-corrected chi connectivity index (χ1v) is 9.39. The predicted molar refractivity (Wildman–Crippen MR) is 104 cm³/mol. The molecule has 7 nitrogen and oxygen atoms in total. The van der Waals surface area contributed by atoms with Crippen molar-refractivity contribution in [3.8, 4) is 0 Å². The number of benzene rings is 1. The molecule has 0 saturated heterocycles. The molecule has 30 heavy (non-hydrogen) atoms. The van der Waals surface area contributed by atoms with Crippen molar-refractivity contribution < 1.29 is 22.8 Å². The van der Waals surface area contributed by atoms with Crippen molar-refractivity contribution >= 4 is 29.2 Å². The molecule has 1 aromatic heterocycles. The Kier molecular flexibility index (Phi) is 5.07. The summed E-state index contributed by atoms with van der Waals surface area (Å²) in [6, 6.07) is 4.43. The fourth-order valence-corrected chi connectivity index (χ4v) is 3.77. The average molecular weight is 440 g/mol. The summed E-state index contributed by atoms with van der Waals surface area (Å²) >= 11 is 5.76. The van der Waals surface area contributed by atoms with Gasteiger partial charge in [-0.15, -0.1) is 5.48 Å². The van der Waals surface area contributed by atoms with Crippen molar-refractivity contribution in [3.63, 3.8) is 0 Å². The lowest BCUT2D eigenvalue weighted by Crippen LogP contribution is -2.39. The van der Waals surface area contributed by atoms with E-state index in [0.29, 0.717) is 11.4 Å². The number of halogens is 4. The van der Waals surface area contributed by atoms with Crippen molar-refractivity contribution in [2.45, 2.75) is 31.4 Å². The first kappa shape index (κ1) is 20.4. The molecule has 1 saturated carbocycles. The maximum Gasteiger partial charge on any atom is 0.303 e. The van der Waals surface area contributed by atoms with E-state index in [0.717, 1.165) is 6.07 Å². The maximum absolute atomic E-state index is 15.1. The SMILES string of the molecule is Cc1cc(NC(=O)c2ccc(Cl)cn2)cc([C@@]2(C(F)F)N=C(N)ON[C@@H]3C[C@@H]32)c1F. The number of aromatic nitrogens is 1. The number of carbonyl (C=O) groups is 1. The Morgan fingerprint density at radius 2 is 2.20 bits per heavy atom. The number of nitrogens with two attached hydrogens (primary N) is 1. The molecule has 0 radical (unpaired) electrons. The summed E-state index contributed by atoms with van der Waals surface area (Å²) in [5.74, 6) is -2.17. The summed E-state index contributed by atoms with van der Waals surface area (Å²) in [4.78, 5) is 25.2. The van der Waals surface area contributed by atoms with Gasteiger partial charge >= 0.3 is 6.02 Å². The van der Waals surface area contributed by atoms with Crippen molar-refractivity contribution in [1.29, 1.82) is 0 Å². The largest absolute Gasteiger partial charge is 0.371 e. The van der Waals surface area contributed by atoms with E-state index >= 15 is 4.39 Å². The monoisotopic (exact) mass is 439 g/mol. The van der Waals surface area contributed by atoms with Gasteiger partial charge in [-0.2, -0.15) is 0 Å². The number of fused-ring (bicyclic) bond motifs is 1. The molecule has 2 aliphatic rings. The number of amides is 1. The summed E-state index contributed by atoms with van der Waals surface area (Å²) in [5, 5.41) is 2.90. The number of anilines is 1. The molecule has 1 aromatic carbocycles. The zero-order valence-corrected chi connectivity index (χ0v) is 16.4. The highest BCUT2D eigenvalue weighted by molar-refractivity contribution is 6.30. The minimum Gasteiger partial charge on any atom is -0.371 e. The summed E-state index contributed by atoms with van der Waals surface area (Å²) in [7, 11) is 0. The van der Waals surface area contributed by atoms with Crippen molar-refractivity contribution in [2.24, 2.45) is 16.6 Å². The molecule has 2 heterocycles. The highest BCUT2D eigenvalue weighted by atomic mass is 35.5. The molecule has 1 aliphatic carbocycles. The van der Waals surface area contributed by atoms with Gasteiger partial charge in [0.05, 0.1) is 5.02 Å². The average Bonchev–Trinajstić information content (AvgIpc) is 3.48. The third kappa shape index (κ3) is 3.46. The number of nitrogens with one attached hydrogen (secondary N) is 2. The zero-order valence-electron chi connectivity index (χ0n) is 15.6. The van der Waals surface area contributed by atoms with E-state index in [4.69, 9.17) is 22.2 Å². The Bertz CT molecular complexity index is 1030. The van der Waals surface area contributed by atoms with Gasteiger partial charge < -0.3 is 15.9 Å². The Morgan fingerprint density at radius 3 is 2.87 bits per heavy atom. The lowest BCUT2D eigenvalue weighted by molar-refractivity contribution is 0.0367. The van der Waals surface area contributed by atoms with Gasteiger partial charge in [0.2, 0.25) is 0 Å². The number of aryl methyl sites for hydroxylation is 1. The number of hydroxylamine groups is 1. The second-order valence-electron chi connectivity index (χ2n) is 7.22. The first-order valence-electron chi connectivity index (χ1n) is 9.01. The second-order valence-corrected chi connectivity index (χ2v) is 7.65. The van der Waals surface area contributed by atoms with Crippen LogP contribution in [0.5, 0.6) is 0 Å². The Hall–Kier alpha value is -2.85. The predicted octanol–water partition coefficient (Wildman–Crippen LogP) is 3.13. The molecule has 1 aliphatic heterocycles. The third-order valence-electron chi connectivity index (χ3n) is 5.20. The minimum absolute atomic E-state index is 0.0584. The van der Waals surface area contributed by atoms with E-state index in [2.05, 4.69) is 20.8 Å². The molecule has 158 valence electrons. The smallest absolute Gasteiger partial charge is 0.303 e. The Labute approximate surface area is 174 Å². The molecule has 1 fully saturated rings. The van der Waals surface area contributed by atoms with E-state index in [1.807, 2.05) is 0 Å². The van der Waals surface area contributed by atoms with Gasteiger partial charge in [0.1, 0.15) is 11.5 Å².